The second-order valence-electron chi connectivity index (χ2n) is 4.49. The monoisotopic (exact) mass is 223 g/mol. The second kappa shape index (κ2) is 5.41. The number of piperazine rings is 1. The van der Waals surface area contributed by atoms with Gasteiger partial charge in [-0.1, -0.05) is 6.92 Å². The van der Waals surface area contributed by atoms with Crippen molar-refractivity contribution >= 4 is 0 Å². The predicted octanol–water partition coefficient (Wildman–Crippen LogP) is 0.482. The highest BCUT2D eigenvalue weighted by atomic mass is 15.4. The van der Waals surface area contributed by atoms with E-state index in [1.807, 2.05) is 4.68 Å². The molecule has 0 radical (unpaired) electrons. The van der Waals surface area contributed by atoms with Crippen molar-refractivity contribution in [3.8, 4) is 0 Å². The molecule has 1 fully saturated rings. The molecule has 0 bridgehead atoms. The third-order valence-electron chi connectivity index (χ3n) is 2.95. The highest BCUT2D eigenvalue weighted by Crippen LogP contribution is 2.05. The Morgan fingerprint density at radius 2 is 2.44 bits per heavy atom. The fourth-order valence-electron chi connectivity index (χ4n) is 2.16. The van der Waals surface area contributed by atoms with E-state index in [-0.39, 0.29) is 0 Å². The van der Waals surface area contributed by atoms with Crippen LogP contribution >= 0.6 is 0 Å². The minimum absolute atomic E-state index is 0.580. The molecule has 1 saturated heterocycles. The van der Waals surface area contributed by atoms with Gasteiger partial charge >= 0.3 is 0 Å². The van der Waals surface area contributed by atoms with Crippen molar-refractivity contribution in [3.05, 3.63) is 12.2 Å². The molecule has 0 saturated carbocycles. The van der Waals surface area contributed by atoms with Crippen LogP contribution in [0, 0.1) is 0 Å². The van der Waals surface area contributed by atoms with Crippen LogP contribution in [0.2, 0.25) is 0 Å². The van der Waals surface area contributed by atoms with Crippen molar-refractivity contribution in [1.82, 2.24) is 25.0 Å². The molecular weight excluding hydrogens is 202 g/mol. The Kier molecular flexibility index (Phi) is 3.90. The maximum absolute atomic E-state index is 4.34. The molecule has 1 aromatic heterocycles. The fourth-order valence-corrected chi connectivity index (χ4v) is 2.16. The molecule has 0 aliphatic carbocycles. The van der Waals surface area contributed by atoms with E-state index < -0.39 is 0 Å². The summed E-state index contributed by atoms with van der Waals surface area (Å²) in [7, 11) is 0. The molecule has 2 rings (SSSR count). The average Bonchev–Trinajstić information content (AvgIpc) is 2.66. The summed E-state index contributed by atoms with van der Waals surface area (Å²) >= 11 is 0. The van der Waals surface area contributed by atoms with Gasteiger partial charge in [0.1, 0.15) is 12.2 Å². The third kappa shape index (κ3) is 2.80. The molecule has 5 heteroatoms. The van der Waals surface area contributed by atoms with Gasteiger partial charge < -0.3 is 5.32 Å². The minimum Gasteiger partial charge on any atom is -0.312 e. The van der Waals surface area contributed by atoms with E-state index in [2.05, 4.69) is 34.1 Å². The maximum atomic E-state index is 4.34. The smallest absolute Gasteiger partial charge is 0.141 e. The molecule has 90 valence electrons. The number of hydrogen-bond acceptors (Lipinski definition) is 4. The molecule has 1 N–H and O–H groups in total. The van der Waals surface area contributed by atoms with E-state index in [4.69, 9.17) is 0 Å². The number of rotatable bonds is 4. The first-order valence-corrected chi connectivity index (χ1v) is 6.12. The van der Waals surface area contributed by atoms with Crippen LogP contribution < -0.4 is 5.32 Å². The van der Waals surface area contributed by atoms with Gasteiger partial charge in [0.15, 0.2) is 0 Å². The van der Waals surface area contributed by atoms with Crippen molar-refractivity contribution in [2.45, 2.75) is 39.4 Å². The normalized spacial score (nSPS) is 22.5. The Hall–Kier alpha value is -0.940. The summed E-state index contributed by atoms with van der Waals surface area (Å²) in [6.07, 6.45) is 2.77. The zero-order chi connectivity index (χ0) is 11.4. The van der Waals surface area contributed by atoms with E-state index >= 15 is 0 Å². The van der Waals surface area contributed by atoms with Crippen LogP contribution in [-0.2, 0) is 13.1 Å². The topological polar surface area (TPSA) is 46.0 Å². The average molecular weight is 223 g/mol. The third-order valence-corrected chi connectivity index (χ3v) is 2.95. The summed E-state index contributed by atoms with van der Waals surface area (Å²) in [5.41, 5.74) is 0. The molecule has 0 amide bonds. The lowest BCUT2D eigenvalue weighted by atomic mass is 10.2. The molecule has 1 unspecified atom stereocenters. The lowest BCUT2D eigenvalue weighted by Crippen LogP contribution is -2.48. The highest BCUT2D eigenvalue weighted by Gasteiger charge is 2.17. The lowest BCUT2D eigenvalue weighted by Gasteiger charge is -2.31. The maximum Gasteiger partial charge on any atom is 0.141 e. The van der Waals surface area contributed by atoms with Gasteiger partial charge in [-0.25, -0.2) is 9.67 Å². The highest BCUT2D eigenvalue weighted by molar-refractivity contribution is 4.87. The molecule has 0 aromatic carbocycles. The molecule has 1 aliphatic heterocycles. The second-order valence-corrected chi connectivity index (χ2v) is 4.49. The lowest BCUT2D eigenvalue weighted by molar-refractivity contribution is 0.192. The van der Waals surface area contributed by atoms with Crippen LogP contribution in [0.4, 0.5) is 0 Å². The summed E-state index contributed by atoms with van der Waals surface area (Å²) in [4.78, 5) is 6.79. The Morgan fingerprint density at radius 3 is 3.19 bits per heavy atom. The van der Waals surface area contributed by atoms with E-state index in [0.717, 1.165) is 45.0 Å². The van der Waals surface area contributed by atoms with Crippen molar-refractivity contribution in [1.29, 1.82) is 0 Å². The largest absolute Gasteiger partial charge is 0.312 e. The van der Waals surface area contributed by atoms with Crippen LogP contribution in [0.15, 0.2) is 6.33 Å². The fraction of sp³-hybridized carbons (Fsp3) is 0.818. The summed E-state index contributed by atoms with van der Waals surface area (Å²) in [6.45, 7) is 9.55. The van der Waals surface area contributed by atoms with Gasteiger partial charge in [0, 0.05) is 32.2 Å². The van der Waals surface area contributed by atoms with E-state index in [9.17, 15) is 0 Å². The number of aryl methyl sites for hydroxylation is 1. The van der Waals surface area contributed by atoms with E-state index in [1.54, 1.807) is 6.33 Å². The Bertz CT molecular complexity index is 322. The van der Waals surface area contributed by atoms with Crippen molar-refractivity contribution in [2.24, 2.45) is 0 Å². The summed E-state index contributed by atoms with van der Waals surface area (Å²) < 4.78 is 2.02. The number of nitrogens with zero attached hydrogens (tertiary/aromatic N) is 4. The van der Waals surface area contributed by atoms with Crippen LogP contribution in [0.25, 0.3) is 0 Å². The van der Waals surface area contributed by atoms with Gasteiger partial charge in [0.25, 0.3) is 0 Å². The Labute approximate surface area is 96.8 Å². The van der Waals surface area contributed by atoms with Crippen molar-refractivity contribution in [2.75, 3.05) is 19.6 Å². The van der Waals surface area contributed by atoms with Gasteiger partial charge in [-0.05, 0) is 13.3 Å². The van der Waals surface area contributed by atoms with Crippen molar-refractivity contribution < 1.29 is 0 Å². The number of nitrogens with one attached hydrogen (secondary N) is 1. The van der Waals surface area contributed by atoms with E-state index in [1.165, 1.54) is 0 Å². The van der Waals surface area contributed by atoms with E-state index in [0.29, 0.717) is 6.04 Å². The van der Waals surface area contributed by atoms with Crippen LogP contribution in [0.3, 0.4) is 0 Å². The first-order chi connectivity index (χ1) is 7.79. The van der Waals surface area contributed by atoms with Gasteiger partial charge in [-0.2, -0.15) is 5.10 Å². The first-order valence-electron chi connectivity index (χ1n) is 6.12. The van der Waals surface area contributed by atoms with Gasteiger partial charge in [-0.3, -0.25) is 4.90 Å². The molecule has 5 nitrogen and oxygen atoms in total. The summed E-state index contributed by atoms with van der Waals surface area (Å²) in [5.74, 6) is 1.09. The first kappa shape index (κ1) is 11.5. The van der Waals surface area contributed by atoms with Crippen LogP contribution in [-0.4, -0.2) is 45.3 Å². The van der Waals surface area contributed by atoms with Crippen LogP contribution in [0.5, 0.6) is 0 Å². The molecule has 16 heavy (non-hydrogen) atoms. The number of hydrogen-bond donors (Lipinski definition) is 1. The minimum atomic E-state index is 0.580. The van der Waals surface area contributed by atoms with Gasteiger partial charge in [0.2, 0.25) is 0 Å². The quantitative estimate of drug-likeness (QED) is 0.806. The zero-order valence-corrected chi connectivity index (χ0v) is 10.2. The summed E-state index contributed by atoms with van der Waals surface area (Å²) in [5, 5.41) is 7.70. The zero-order valence-electron chi connectivity index (χ0n) is 10.2. The molecular formula is C11H21N5. The Morgan fingerprint density at radius 1 is 1.56 bits per heavy atom. The van der Waals surface area contributed by atoms with Gasteiger partial charge in [-0.15, -0.1) is 0 Å². The summed E-state index contributed by atoms with van der Waals surface area (Å²) in [6, 6.07) is 0.580. The predicted molar refractivity (Wildman–Crippen MR) is 63.1 cm³/mol. The molecule has 1 aromatic rings. The SMILES string of the molecule is CCCn1ncnc1CN1CCNC(C)C1. The Balaban J connectivity index is 1.94. The molecule has 1 atom stereocenters. The van der Waals surface area contributed by atoms with Crippen LogP contribution in [0.1, 0.15) is 26.1 Å². The van der Waals surface area contributed by atoms with Crippen molar-refractivity contribution in [3.63, 3.8) is 0 Å². The number of aromatic nitrogens is 3. The molecule has 2 heterocycles. The standard InChI is InChI=1S/C11H21N5/c1-3-5-16-11(13-9-14-16)8-15-6-4-12-10(2)7-15/h9-10,12H,3-8H2,1-2H3. The molecule has 0 spiro atoms. The molecule has 1 aliphatic rings. The van der Waals surface area contributed by atoms with Gasteiger partial charge in [0.05, 0.1) is 6.54 Å².